The monoisotopic (exact) mass is 261 g/mol. The summed E-state index contributed by atoms with van der Waals surface area (Å²) in [6, 6.07) is 5.47. The van der Waals surface area contributed by atoms with Crippen molar-refractivity contribution in [1.82, 2.24) is 5.32 Å². The molecular weight excluding hydrogens is 249 g/mol. The molecule has 1 amide bonds. The fourth-order valence-corrected chi connectivity index (χ4v) is 1.60. The normalized spacial score (nSPS) is 9.94. The molecule has 0 atom stereocenters. The Balaban J connectivity index is 2.51. The topological polar surface area (TPSA) is 38.3 Å². The molecule has 0 bridgehead atoms. The van der Waals surface area contributed by atoms with Gasteiger partial charge < -0.3 is 10.1 Å². The Labute approximate surface area is 105 Å². The summed E-state index contributed by atoms with van der Waals surface area (Å²) in [5.74, 6) is 0.529. The molecule has 3 nitrogen and oxygen atoms in total. The van der Waals surface area contributed by atoms with E-state index in [-0.39, 0.29) is 11.8 Å². The number of ether oxygens (including phenoxy) is 1. The number of benzene rings is 1. The van der Waals surface area contributed by atoms with Crippen molar-refractivity contribution >= 4 is 29.1 Å². The summed E-state index contributed by atoms with van der Waals surface area (Å²) in [7, 11) is 1.59. The Bertz CT molecular complexity index is 369. The van der Waals surface area contributed by atoms with Gasteiger partial charge >= 0.3 is 0 Å². The van der Waals surface area contributed by atoms with Crippen molar-refractivity contribution < 1.29 is 9.53 Å². The van der Waals surface area contributed by atoms with Gasteiger partial charge in [-0.1, -0.05) is 17.7 Å². The van der Waals surface area contributed by atoms with Crippen LogP contribution in [0.25, 0.3) is 0 Å². The second-order valence-corrected chi connectivity index (χ2v) is 3.87. The van der Waals surface area contributed by atoms with Crippen molar-refractivity contribution in [3.63, 3.8) is 0 Å². The third-order valence-corrected chi connectivity index (χ3v) is 2.69. The minimum Gasteiger partial charge on any atom is -0.497 e. The van der Waals surface area contributed by atoms with Gasteiger partial charge in [-0.25, -0.2) is 0 Å². The first-order valence-electron chi connectivity index (χ1n) is 4.82. The number of alkyl halides is 1. The van der Waals surface area contributed by atoms with Crippen LogP contribution in [0.2, 0.25) is 5.02 Å². The lowest BCUT2D eigenvalue weighted by Crippen LogP contribution is -2.26. The van der Waals surface area contributed by atoms with Crippen LogP contribution in [0, 0.1) is 0 Å². The maximum atomic E-state index is 10.9. The summed E-state index contributed by atoms with van der Waals surface area (Å²) in [6.07, 6.45) is 0.672. The van der Waals surface area contributed by atoms with Gasteiger partial charge in [0.05, 0.1) is 7.11 Å². The fourth-order valence-electron chi connectivity index (χ4n) is 1.24. The van der Waals surface area contributed by atoms with Crippen LogP contribution in [0.15, 0.2) is 18.2 Å². The molecule has 0 aliphatic rings. The first-order chi connectivity index (χ1) is 7.67. The van der Waals surface area contributed by atoms with Crippen molar-refractivity contribution in [3.8, 4) is 5.75 Å². The number of hydrogen-bond acceptors (Lipinski definition) is 2. The third kappa shape index (κ3) is 3.91. The van der Waals surface area contributed by atoms with Crippen molar-refractivity contribution in [2.45, 2.75) is 6.42 Å². The van der Waals surface area contributed by atoms with E-state index in [2.05, 4.69) is 5.32 Å². The molecule has 88 valence electrons. The maximum absolute atomic E-state index is 10.9. The van der Waals surface area contributed by atoms with E-state index < -0.39 is 0 Å². The number of carbonyl (C=O) groups is 1. The summed E-state index contributed by atoms with van der Waals surface area (Å²) >= 11 is 11.4. The highest BCUT2D eigenvalue weighted by Gasteiger charge is 2.03. The molecule has 1 aromatic carbocycles. The minimum absolute atomic E-state index is 0.0175. The van der Waals surface area contributed by atoms with E-state index in [1.165, 1.54) is 0 Å². The molecule has 1 N–H and O–H groups in total. The first-order valence-corrected chi connectivity index (χ1v) is 5.73. The molecule has 0 saturated carbocycles. The Morgan fingerprint density at radius 2 is 2.25 bits per heavy atom. The zero-order valence-electron chi connectivity index (χ0n) is 8.93. The van der Waals surface area contributed by atoms with E-state index in [9.17, 15) is 4.79 Å². The van der Waals surface area contributed by atoms with Gasteiger partial charge in [-0.3, -0.25) is 4.79 Å². The van der Waals surface area contributed by atoms with E-state index in [1.807, 2.05) is 12.1 Å². The molecule has 0 aliphatic heterocycles. The van der Waals surface area contributed by atoms with Gasteiger partial charge in [0, 0.05) is 11.6 Å². The quantitative estimate of drug-likeness (QED) is 0.826. The summed E-state index contributed by atoms with van der Waals surface area (Å²) in [6.45, 7) is 0.525. The van der Waals surface area contributed by atoms with Gasteiger partial charge in [0.2, 0.25) is 5.91 Å². The zero-order chi connectivity index (χ0) is 12.0. The van der Waals surface area contributed by atoms with Gasteiger partial charge in [0.1, 0.15) is 11.6 Å². The smallest absolute Gasteiger partial charge is 0.234 e. The van der Waals surface area contributed by atoms with E-state index in [4.69, 9.17) is 27.9 Å². The predicted octanol–water partition coefficient (Wildman–Crippen LogP) is 2.25. The average Bonchev–Trinajstić information content (AvgIpc) is 2.30. The minimum atomic E-state index is -0.175. The number of hydrogen-bond donors (Lipinski definition) is 1. The molecule has 0 fully saturated rings. The molecule has 0 aliphatic carbocycles. The highest BCUT2D eigenvalue weighted by atomic mass is 35.5. The van der Waals surface area contributed by atoms with Crippen LogP contribution >= 0.6 is 23.2 Å². The Morgan fingerprint density at radius 1 is 1.50 bits per heavy atom. The van der Waals surface area contributed by atoms with Gasteiger partial charge in [0.15, 0.2) is 0 Å². The summed E-state index contributed by atoms with van der Waals surface area (Å²) < 4.78 is 5.04. The summed E-state index contributed by atoms with van der Waals surface area (Å²) in [4.78, 5) is 10.9. The van der Waals surface area contributed by atoms with Crippen molar-refractivity contribution in [1.29, 1.82) is 0 Å². The van der Waals surface area contributed by atoms with Crippen LogP contribution < -0.4 is 10.1 Å². The van der Waals surface area contributed by atoms with Crippen LogP contribution in [0.4, 0.5) is 0 Å². The lowest BCUT2D eigenvalue weighted by Gasteiger charge is -2.07. The second-order valence-electron chi connectivity index (χ2n) is 3.19. The lowest BCUT2D eigenvalue weighted by molar-refractivity contribution is -0.118. The number of nitrogens with one attached hydrogen (secondary N) is 1. The average molecular weight is 262 g/mol. The fraction of sp³-hybridized carbons (Fsp3) is 0.364. The van der Waals surface area contributed by atoms with E-state index in [0.717, 1.165) is 11.3 Å². The number of amides is 1. The largest absolute Gasteiger partial charge is 0.497 e. The summed E-state index contributed by atoms with van der Waals surface area (Å²) in [5.41, 5.74) is 0.970. The van der Waals surface area contributed by atoms with E-state index in [0.29, 0.717) is 18.0 Å². The predicted molar refractivity (Wildman–Crippen MR) is 65.4 cm³/mol. The molecule has 0 spiro atoms. The molecule has 0 saturated heterocycles. The number of methoxy groups -OCH3 is 1. The Kier molecular flexibility index (Phi) is 5.43. The first kappa shape index (κ1) is 13.1. The summed E-state index contributed by atoms with van der Waals surface area (Å²) in [5, 5.41) is 3.31. The lowest BCUT2D eigenvalue weighted by atomic mass is 10.1. The number of carbonyl (C=O) groups excluding carboxylic acids is 1. The van der Waals surface area contributed by atoms with Crippen LogP contribution in [-0.4, -0.2) is 25.4 Å². The van der Waals surface area contributed by atoms with Gasteiger partial charge in [-0.2, -0.15) is 0 Å². The molecule has 0 aromatic heterocycles. The highest BCUT2D eigenvalue weighted by Crippen LogP contribution is 2.22. The van der Waals surface area contributed by atoms with Gasteiger partial charge in [-0.15, -0.1) is 11.6 Å². The van der Waals surface area contributed by atoms with Crippen LogP contribution in [-0.2, 0) is 11.2 Å². The Morgan fingerprint density at radius 3 is 2.81 bits per heavy atom. The van der Waals surface area contributed by atoms with Crippen molar-refractivity contribution in [3.05, 3.63) is 28.8 Å². The van der Waals surface area contributed by atoms with Crippen molar-refractivity contribution in [2.24, 2.45) is 0 Å². The van der Waals surface area contributed by atoms with Crippen LogP contribution in [0.3, 0.4) is 0 Å². The molecule has 0 unspecified atom stereocenters. The van der Waals surface area contributed by atoms with Crippen LogP contribution in [0.1, 0.15) is 5.56 Å². The molecule has 1 aromatic rings. The number of rotatable bonds is 5. The zero-order valence-corrected chi connectivity index (χ0v) is 10.4. The Hall–Kier alpha value is -0.930. The number of halogens is 2. The SMILES string of the molecule is COc1ccc(CCNC(=O)CCl)c(Cl)c1. The molecule has 0 radical (unpaired) electrons. The highest BCUT2D eigenvalue weighted by molar-refractivity contribution is 6.31. The second kappa shape index (κ2) is 6.61. The van der Waals surface area contributed by atoms with E-state index >= 15 is 0 Å². The molecule has 1 rings (SSSR count). The van der Waals surface area contributed by atoms with Gasteiger partial charge in [-0.05, 0) is 24.1 Å². The molecule has 5 heteroatoms. The van der Waals surface area contributed by atoms with Gasteiger partial charge in [0.25, 0.3) is 0 Å². The molecule has 0 heterocycles. The maximum Gasteiger partial charge on any atom is 0.234 e. The molecule has 16 heavy (non-hydrogen) atoms. The van der Waals surface area contributed by atoms with Crippen LogP contribution in [0.5, 0.6) is 5.75 Å². The molecular formula is C11H13Cl2NO2. The van der Waals surface area contributed by atoms with E-state index in [1.54, 1.807) is 13.2 Å². The van der Waals surface area contributed by atoms with Crippen molar-refractivity contribution in [2.75, 3.05) is 19.5 Å². The third-order valence-electron chi connectivity index (χ3n) is 2.10. The standard InChI is InChI=1S/C11H13Cl2NO2/c1-16-9-3-2-8(10(13)6-9)4-5-14-11(15)7-12/h2-3,6H,4-5,7H2,1H3,(H,14,15).